The molecular formula is C17H23Cl3N2O2. The number of hydrogen-bond donors (Lipinski definition) is 1. The van der Waals surface area contributed by atoms with Crippen LogP contribution in [0.5, 0.6) is 5.75 Å². The lowest BCUT2D eigenvalue weighted by Crippen LogP contribution is -2.45. The molecule has 0 unspecified atom stereocenters. The van der Waals surface area contributed by atoms with Crippen LogP contribution in [0.1, 0.15) is 36.0 Å². The van der Waals surface area contributed by atoms with E-state index in [1.165, 1.54) is 20.0 Å². The Labute approximate surface area is 159 Å². The molecule has 1 aromatic rings. The molecule has 1 saturated carbocycles. The first-order valence-electron chi connectivity index (χ1n) is 8.14. The van der Waals surface area contributed by atoms with Crippen LogP contribution in [-0.4, -0.2) is 43.6 Å². The lowest BCUT2D eigenvalue weighted by atomic mass is 10.0. The van der Waals surface area contributed by atoms with Gasteiger partial charge in [0, 0.05) is 25.2 Å². The highest BCUT2D eigenvalue weighted by Crippen LogP contribution is 2.32. The van der Waals surface area contributed by atoms with Crippen LogP contribution in [-0.2, 0) is 0 Å². The summed E-state index contributed by atoms with van der Waals surface area (Å²) in [6.07, 6.45) is 4.70. The van der Waals surface area contributed by atoms with Crippen molar-refractivity contribution < 1.29 is 9.53 Å². The third kappa shape index (κ3) is 4.69. The van der Waals surface area contributed by atoms with Crippen LogP contribution >= 0.6 is 35.6 Å². The molecule has 1 aliphatic carbocycles. The molecule has 1 aliphatic heterocycles. The number of piperidine rings is 1. The summed E-state index contributed by atoms with van der Waals surface area (Å²) >= 11 is 12.1. The minimum Gasteiger partial charge on any atom is -0.496 e. The molecule has 4 nitrogen and oxygen atoms in total. The summed E-state index contributed by atoms with van der Waals surface area (Å²) in [4.78, 5) is 14.6. The van der Waals surface area contributed by atoms with Crippen LogP contribution in [0.2, 0.25) is 10.0 Å². The van der Waals surface area contributed by atoms with E-state index in [1.54, 1.807) is 12.1 Å². The zero-order valence-electron chi connectivity index (χ0n) is 13.7. The Kier molecular flexibility index (Phi) is 7.05. The first kappa shape index (κ1) is 19.6. The topological polar surface area (TPSA) is 41.6 Å². The van der Waals surface area contributed by atoms with E-state index < -0.39 is 0 Å². The summed E-state index contributed by atoms with van der Waals surface area (Å²) in [7, 11) is 1.53. The van der Waals surface area contributed by atoms with Gasteiger partial charge in [0.1, 0.15) is 5.75 Å². The second kappa shape index (κ2) is 8.61. The third-order valence-corrected chi connectivity index (χ3v) is 5.37. The average Bonchev–Trinajstić information content (AvgIpc) is 3.39. The number of benzene rings is 1. The number of rotatable bonds is 5. The molecule has 1 aromatic carbocycles. The molecule has 0 bridgehead atoms. The Morgan fingerprint density at radius 2 is 1.83 bits per heavy atom. The van der Waals surface area contributed by atoms with Crippen molar-refractivity contribution in [2.24, 2.45) is 5.92 Å². The summed E-state index contributed by atoms with van der Waals surface area (Å²) in [6, 6.07) is 3.72. The Morgan fingerprint density at radius 1 is 1.21 bits per heavy atom. The highest BCUT2D eigenvalue weighted by Gasteiger charge is 2.27. The van der Waals surface area contributed by atoms with E-state index in [0.717, 1.165) is 38.4 Å². The molecule has 2 fully saturated rings. The van der Waals surface area contributed by atoms with Crippen molar-refractivity contribution in [2.45, 2.75) is 31.7 Å². The highest BCUT2D eigenvalue weighted by molar-refractivity contribution is 6.42. The lowest BCUT2D eigenvalue weighted by Gasteiger charge is -2.33. The molecule has 0 spiro atoms. The maximum absolute atomic E-state index is 12.7. The third-order valence-electron chi connectivity index (χ3n) is 4.65. The molecule has 24 heavy (non-hydrogen) atoms. The second-order valence-corrected chi connectivity index (χ2v) is 7.20. The fourth-order valence-corrected chi connectivity index (χ4v) is 3.29. The number of methoxy groups -OCH3 is 1. The Morgan fingerprint density at radius 3 is 2.42 bits per heavy atom. The van der Waals surface area contributed by atoms with E-state index in [4.69, 9.17) is 27.9 Å². The standard InChI is InChI=1S/C17H22Cl2N2O2.ClH/c1-23-16-9-15(19)14(18)8-13(16)17(22)21-6-4-12(5-7-21)20-10-11-2-3-11;/h8-9,11-12,20H,2-7,10H2,1H3;1H. The Bertz CT molecular complexity index is 585. The number of likely N-dealkylation sites (tertiary alicyclic amines) is 1. The van der Waals surface area contributed by atoms with E-state index >= 15 is 0 Å². The number of ether oxygens (including phenoxy) is 1. The summed E-state index contributed by atoms with van der Waals surface area (Å²) in [6.45, 7) is 2.63. The van der Waals surface area contributed by atoms with Crippen molar-refractivity contribution in [1.82, 2.24) is 10.2 Å². The van der Waals surface area contributed by atoms with Crippen molar-refractivity contribution in [3.05, 3.63) is 27.7 Å². The number of carbonyl (C=O) groups excluding carboxylic acids is 1. The molecule has 1 saturated heterocycles. The molecule has 1 N–H and O–H groups in total. The van der Waals surface area contributed by atoms with E-state index in [-0.39, 0.29) is 18.3 Å². The largest absolute Gasteiger partial charge is 0.496 e. The smallest absolute Gasteiger partial charge is 0.257 e. The highest BCUT2D eigenvalue weighted by atomic mass is 35.5. The maximum Gasteiger partial charge on any atom is 0.257 e. The number of halogens is 3. The molecule has 1 heterocycles. The van der Waals surface area contributed by atoms with E-state index in [1.807, 2.05) is 4.90 Å². The first-order chi connectivity index (χ1) is 11.1. The second-order valence-electron chi connectivity index (χ2n) is 6.38. The fraction of sp³-hybridized carbons (Fsp3) is 0.588. The minimum atomic E-state index is -0.0407. The number of amides is 1. The lowest BCUT2D eigenvalue weighted by molar-refractivity contribution is 0.0701. The summed E-state index contributed by atoms with van der Waals surface area (Å²) < 4.78 is 5.28. The summed E-state index contributed by atoms with van der Waals surface area (Å²) in [5.74, 6) is 1.31. The van der Waals surface area contributed by atoms with Crippen molar-refractivity contribution in [2.75, 3.05) is 26.7 Å². The van der Waals surface area contributed by atoms with Gasteiger partial charge >= 0.3 is 0 Å². The molecule has 1 amide bonds. The summed E-state index contributed by atoms with van der Waals surface area (Å²) in [5.41, 5.74) is 0.478. The Balaban J connectivity index is 0.00000208. The van der Waals surface area contributed by atoms with Crippen LogP contribution in [0.4, 0.5) is 0 Å². The van der Waals surface area contributed by atoms with Gasteiger partial charge in [-0.25, -0.2) is 0 Å². The SMILES string of the molecule is COc1cc(Cl)c(Cl)cc1C(=O)N1CCC(NCC2CC2)CC1.Cl. The zero-order chi connectivity index (χ0) is 16.4. The Hall–Kier alpha value is -0.680. The van der Waals surface area contributed by atoms with Gasteiger partial charge in [-0.15, -0.1) is 12.4 Å². The average molecular weight is 394 g/mol. The van der Waals surface area contributed by atoms with Crippen LogP contribution in [0, 0.1) is 5.92 Å². The quantitative estimate of drug-likeness (QED) is 0.821. The van der Waals surface area contributed by atoms with E-state index in [9.17, 15) is 4.79 Å². The van der Waals surface area contributed by atoms with Gasteiger partial charge in [-0.2, -0.15) is 0 Å². The summed E-state index contributed by atoms with van der Waals surface area (Å²) in [5, 5.41) is 4.38. The van der Waals surface area contributed by atoms with Crippen LogP contribution in [0.15, 0.2) is 12.1 Å². The number of hydrogen-bond acceptors (Lipinski definition) is 3. The van der Waals surface area contributed by atoms with Gasteiger partial charge in [0.2, 0.25) is 0 Å². The van der Waals surface area contributed by atoms with Gasteiger partial charge in [0.25, 0.3) is 5.91 Å². The van der Waals surface area contributed by atoms with Gasteiger partial charge in [0.15, 0.2) is 0 Å². The zero-order valence-corrected chi connectivity index (χ0v) is 16.0. The molecule has 0 radical (unpaired) electrons. The normalized spacial score (nSPS) is 18.2. The molecule has 0 atom stereocenters. The molecule has 2 aliphatic rings. The molecule has 134 valence electrons. The van der Waals surface area contributed by atoms with E-state index in [2.05, 4.69) is 5.32 Å². The van der Waals surface area contributed by atoms with Crippen molar-refractivity contribution >= 4 is 41.5 Å². The van der Waals surface area contributed by atoms with Crippen molar-refractivity contribution in [3.63, 3.8) is 0 Å². The predicted molar refractivity (Wildman–Crippen MR) is 99.9 cm³/mol. The van der Waals surface area contributed by atoms with Gasteiger partial charge in [-0.3, -0.25) is 4.79 Å². The number of nitrogens with one attached hydrogen (secondary N) is 1. The molecule has 7 heteroatoms. The molecule has 3 rings (SSSR count). The van der Waals surface area contributed by atoms with Crippen LogP contribution in [0.25, 0.3) is 0 Å². The van der Waals surface area contributed by atoms with Gasteiger partial charge in [0.05, 0.1) is 22.7 Å². The van der Waals surface area contributed by atoms with Crippen molar-refractivity contribution in [1.29, 1.82) is 0 Å². The minimum absolute atomic E-state index is 0. The molecular weight excluding hydrogens is 371 g/mol. The van der Waals surface area contributed by atoms with Crippen LogP contribution in [0.3, 0.4) is 0 Å². The monoisotopic (exact) mass is 392 g/mol. The first-order valence-corrected chi connectivity index (χ1v) is 8.89. The van der Waals surface area contributed by atoms with E-state index in [0.29, 0.717) is 27.4 Å². The predicted octanol–water partition coefficient (Wildman–Crippen LogP) is 4.03. The molecule has 0 aromatic heterocycles. The van der Waals surface area contributed by atoms with Gasteiger partial charge in [-0.05, 0) is 44.2 Å². The number of nitrogens with zero attached hydrogens (tertiary/aromatic N) is 1. The number of carbonyl (C=O) groups is 1. The van der Waals surface area contributed by atoms with Crippen LogP contribution < -0.4 is 10.1 Å². The fourth-order valence-electron chi connectivity index (χ4n) is 2.98. The maximum atomic E-state index is 12.7. The van der Waals surface area contributed by atoms with Gasteiger partial charge in [-0.1, -0.05) is 23.2 Å². The van der Waals surface area contributed by atoms with Gasteiger partial charge < -0.3 is 15.0 Å². The van der Waals surface area contributed by atoms with Crippen molar-refractivity contribution in [3.8, 4) is 5.75 Å².